The Morgan fingerprint density at radius 3 is 1.88 bits per heavy atom. The highest BCUT2D eigenvalue weighted by molar-refractivity contribution is 5.91. The van der Waals surface area contributed by atoms with Gasteiger partial charge in [0.25, 0.3) is 0 Å². The van der Waals surface area contributed by atoms with Gasteiger partial charge in [-0.1, -0.05) is 30.8 Å². The highest BCUT2D eigenvalue weighted by Crippen LogP contribution is 2.25. The molecule has 6 heteroatoms. The molecule has 0 fully saturated rings. The molecule has 0 aromatic heterocycles. The number of carbonyl (C=O) groups is 2. The zero-order valence-electron chi connectivity index (χ0n) is 18.5. The van der Waals surface area contributed by atoms with Crippen LogP contribution in [0.25, 0.3) is 11.1 Å². The van der Waals surface area contributed by atoms with Crippen molar-refractivity contribution in [2.75, 3.05) is 20.3 Å². The number of benzene rings is 3. The maximum absolute atomic E-state index is 12.4. The highest BCUT2D eigenvalue weighted by atomic mass is 16.5. The predicted octanol–water partition coefficient (Wildman–Crippen LogP) is 5.47. The van der Waals surface area contributed by atoms with Crippen LogP contribution in [0.5, 0.6) is 17.2 Å². The van der Waals surface area contributed by atoms with Crippen LogP contribution >= 0.6 is 0 Å². The summed E-state index contributed by atoms with van der Waals surface area (Å²) in [6, 6.07) is 21.9. The van der Waals surface area contributed by atoms with Gasteiger partial charge in [0.15, 0.2) is 0 Å². The second-order valence-electron chi connectivity index (χ2n) is 7.09. The lowest BCUT2D eigenvalue weighted by molar-refractivity contribution is -0.137. The summed E-state index contributed by atoms with van der Waals surface area (Å²) in [5, 5.41) is 0. The molecule has 3 rings (SSSR count). The van der Waals surface area contributed by atoms with E-state index in [9.17, 15) is 9.59 Å². The molecule has 0 heterocycles. The van der Waals surface area contributed by atoms with Crippen molar-refractivity contribution in [3.63, 3.8) is 0 Å². The molecule has 0 N–H and O–H groups in total. The van der Waals surface area contributed by atoms with Gasteiger partial charge in [-0.05, 0) is 72.5 Å². The van der Waals surface area contributed by atoms with Gasteiger partial charge < -0.3 is 18.9 Å². The summed E-state index contributed by atoms with van der Waals surface area (Å²) >= 11 is 0. The van der Waals surface area contributed by atoms with Gasteiger partial charge in [0, 0.05) is 6.08 Å². The molecule has 170 valence electrons. The van der Waals surface area contributed by atoms with Crippen LogP contribution in [0.2, 0.25) is 0 Å². The Balaban J connectivity index is 1.46. The third kappa shape index (κ3) is 7.25. The first-order chi connectivity index (χ1) is 16.1. The Labute approximate surface area is 193 Å². The molecule has 0 radical (unpaired) electrons. The van der Waals surface area contributed by atoms with E-state index < -0.39 is 11.9 Å². The summed E-state index contributed by atoms with van der Waals surface area (Å²) in [6.45, 7) is 4.16. The number of esters is 2. The van der Waals surface area contributed by atoms with Gasteiger partial charge in [0.2, 0.25) is 0 Å². The third-order valence-corrected chi connectivity index (χ3v) is 4.80. The van der Waals surface area contributed by atoms with Crippen molar-refractivity contribution in [2.24, 2.45) is 0 Å². The molecule has 0 atom stereocenters. The van der Waals surface area contributed by atoms with Gasteiger partial charge in [0.05, 0.1) is 25.9 Å². The number of unbranched alkanes of at least 4 members (excludes halogenated alkanes) is 1. The minimum absolute atomic E-state index is 0.333. The van der Waals surface area contributed by atoms with E-state index in [0.29, 0.717) is 36.7 Å². The molecule has 0 saturated heterocycles. The lowest BCUT2D eigenvalue weighted by Crippen LogP contribution is -2.08. The zero-order valence-corrected chi connectivity index (χ0v) is 18.5. The van der Waals surface area contributed by atoms with Crippen LogP contribution in [0.1, 0.15) is 23.2 Å². The van der Waals surface area contributed by atoms with Crippen molar-refractivity contribution in [3.8, 4) is 28.4 Å². The summed E-state index contributed by atoms with van der Waals surface area (Å²) in [5.41, 5.74) is 2.48. The molecule has 0 saturated carbocycles. The average Bonchev–Trinajstić information content (AvgIpc) is 2.86. The fourth-order valence-electron chi connectivity index (χ4n) is 2.98. The lowest BCUT2D eigenvalue weighted by Gasteiger charge is -2.08. The van der Waals surface area contributed by atoms with Gasteiger partial charge in [0.1, 0.15) is 17.2 Å². The molecule has 3 aromatic rings. The molecule has 0 amide bonds. The largest absolute Gasteiger partial charge is 0.497 e. The molecule has 33 heavy (non-hydrogen) atoms. The smallest absolute Gasteiger partial charge is 0.343 e. The molecule has 3 aromatic carbocycles. The van der Waals surface area contributed by atoms with E-state index in [4.69, 9.17) is 18.9 Å². The average molecular weight is 446 g/mol. The topological polar surface area (TPSA) is 71.1 Å². The molecule has 0 bridgehead atoms. The second kappa shape index (κ2) is 12.1. The first-order valence-corrected chi connectivity index (χ1v) is 10.6. The van der Waals surface area contributed by atoms with E-state index in [1.165, 1.54) is 0 Å². The number of rotatable bonds is 11. The second-order valence-corrected chi connectivity index (χ2v) is 7.09. The fraction of sp³-hybridized carbons (Fsp3) is 0.185. The van der Waals surface area contributed by atoms with Crippen LogP contribution in [0, 0.1) is 0 Å². The predicted molar refractivity (Wildman–Crippen MR) is 126 cm³/mol. The third-order valence-electron chi connectivity index (χ3n) is 4.80. The zero-order chi connectivity index (χ0) is 23.5. The van der Waals surface area contributed by atoms with Crippen LogP contribution in [0.4, 0.5) is 0 Å². The Kier molecular flexibility index (Phi) is 8.65. The van der Waals surface area contributed by atoms with Gasteiger partial charge in [-0.25, -0.2) is 9.59 Å². The minimum atomic E-state index is -0.442. The van der Waals surface area contributed by atoms with Crippen molar-refractivity contribution in [2.45, 2.75) is 12.8 Å². The van der Waals surface area contributed by atoms with E-state index in [1.807, 2.05) is 36.4 Å². The Morgan fingerprint density at radius 2 is 1.30 bits per heavy atom. The summed E-state index contributed by atoms with van der Waals surface area (Å²) in [4.78, 5) is 23.4. The van der Waals surface area contributed by atoms with Crippen LogP contribution in [-0.4, -0.2) is 32.3 Å². The summed E-state index contributed by atoms with van der Waals surface area (Å²) in [6.07, 6.45) is 2.57. The number of methoxy groups -OCH3 is 1. The van der Waals surface area contributed by atoms with Crippen LogP contribution in [0.3, 0.4) is 0 Å². The van der Waals surface area contributed by atoms with E-state index in [2.05, 4.69) is 6.58 Å². The standard InChI is InChI=1S/C27H26O6/c1-3-26(28)32-19-5-4-18-31-24-14-10-22(11-15-24)27(29)33-25-16-8-21(9-17-25)20-6-12-23(30-2)13-7-20/h3,6-17H,1,4-5,18-19H2,2H3. The van der Waals surface area contributed by atoms with Gasteiger partial charge >= 0.3 is 11.9 Å². The first kappa shape index (κ1) is 23.6. The normalized spacial score (nSPS) is 10.2. The van der Waals surface area contributed by atoms with Crippen molar-refractivity contribution >= 4 is 11.9 Å². The maximum Gasteiger partial charge on any atom is 0.343 e. The highest BCUT2D eigenvalue weighted by Gasteiger charge is 2.09. The van der Waals surface area contributed by atoms with E-state index in [0.717, 1.165) is 29.4 Å². The number of carbonyl (C=O) groups excluding carboxylic acids is 2. The number of ether oxygens (including phenoxy) is 4. The van der Waals surface area contributed by atoms with Gasteiger partial charge in [-0.2, -0.15) is 0 Å². The maximum atomic E-state index is 12.4. The van der Waals surface area contributed by atoms with Gasteiger partial charge in [-0.3, -0.25) is 0 Å². The van der Waals surface area contributed by atoms with E-state index >= 15 is 0 Å². The molecule has 0 spiro atoms. The SMILES string of the molecule is C=CC(=O)OCCCCOc1ccc(C(=O)Oc2ccc(-c3ccc(OC)cc3)cc2)cc1. The summed E-state index contributed by atoms with van der Waals surface area (Å²) in [7, 11) is 1.63. The molecule has 0 aliphatic heterocycles. The first-order valence-electron chi connectivity index (χ1n) is 10.6. The molecule has 6 nitrogen and oxygen atoms in total. The van der Waals surface area contributed by atoms with Crippen molar-refractivity contribution in [1.82, 2.24) is 0 Å². The van der Waals surface area contributed by atoms with E-state index in [1.54, 1.807) is 43.5 Å². The monoisotopic (exact) mass is 446 g/mol. The summed E-state index contributed by atoms with van der Waals surface area (Å²) in [5.74, 6) is 1.05. The lowest BCUT2D eigenvalue weighted by atomic mass is 10.1. The number of hydrogen-bond acceptors (Lipinski definition) is 6. The van der Waals surface area contributed by atoms with Crippen LogP contribution < -0.4 is 14.2 Å². The molecule has 0 aliphatic carbocycles. The Morgan fingerprint density at radius 1 is 0.758 bits per heavy atom. The molecule has 0 aliphatic rings. The van der Waals surface area contributed by atoms with Crippen LogP contribution in [0.15, 0.2) is 85.5 Å². The summed E-state index contributed by atoms with van der Waals surface area (Å²) < 4.78 is 21.2. The molecule has 0 unspecified atom stereocenters. The van der Waals surface area contributed by atoms with Crippen molar-refractivity contribution in [3.05, 3.63) is 91.0 Å². The number of hydrogen-bond donors (Lipinski definition) is 0. The Bertz CT molecular complexity index is 1050. The van der Waals surface area contributed by atoms with E-state index in [-0.39, 0.29) is 0 Å². The van der Waals surface area contributed by atoms with Crippen molar-refractivity contribution in [1.29, 1.82) is 0 Å². The van der Waals surface area contributed by atoms with Crippen molar-refractivity contribution < 1.29 is 28.5 Å². The van der Waals surface area contributed by atoms with Crippen LogP contribution in [-0.2, 0) is 9.53 Å². The Hall–Kier alpha value is -4.06. The quantitative estimate of drug-likeness (QED) is 0.168. The minimum Gasteiger partial charge on any atom is -0.497 e. The van der Waals surface area contributed by atoms with Gasteiger partial charge in [-0.15, -0.1) is 0 Å². The molecular formula is C27H26O6. The molecular weight excluding hydrogens is 420 g/mol. The fourth-order valence-corrected chi connectivity index (χ4v) is 2.98.